The van der Waals surface area contributed by atoms with Crippen molar-refractivity contribution >= 4 is 46.1 Å². The number of aromatic nitrogens is 1. The first-order valence-electron chi connectivity index (χ1n) is 11.7. The number of halogens is 1. The number of rotatable bonds is 13. The van der Waals surface area contributed by atoms with E-state index in [1.54, 1.807) is 11.3 Å². The number of aryl methyl sites for hydroxylation is 1. The first kappa shape index (κ1) is 26.4. The lowest BCUT2D eigenvalue weighted by atomic mass is 10.2. The van der Waals surface area contributed by atoms with Gasteiger partial charge in [-0.15, -0.1) is 23.7 Å². The van der Waals surface area contributed by atoms with Gasteiger partial charge in [0.15, 0.2) is 0 Å². The fraction of sp³-hybridized carbons (Fsp3) is 0.444. The molecule has 32 heavy (non-hydrogen) atoms. The zero-order valence-electron chi connectivity index (χ0n) is 19.7. The molecule has 174 valence electrons. The monoisotopic (exact) mass is 472 g/mol. The van der Waals surface area contributed by atoms with Gasteiger partial charge in [-0.1, -0.05) is 51.0 Å². The van der Waals surface area contributed by atoms with Crippen LogP contribution in [0.1, 0.15) is 62.1 Å². The molecule has 3 nitrogen and oxygen atoms in total. The van der Waals surface area contributed by atoms with Crippen LogP contribution in [-0.4, -0.2) is 36.1 Å². The summed E-state index contributed by atoms with van der Waals surface area (Å²) in [4.78, 5) is 7.30. The van der Waals surface area contributed by atoms with Crippen molar-refractivity contribution in [3.05, 3.63) is 58.6 Å². The van der Waals surface area contributed by atoms with Gasteiger partial charge in [-0.05, 0) is 80.7 Å². The molecule has 0 N–H and O–H groups in total. The molecule has 0 aliphatic heterocycles. The largest absolute Gasteiger partial charge is 0.494 e. The lowest BCUT2D eigenvalue weighted by Gasteiger charge is -2.21. The fourth-order valence-corrected chi connectivity index (χ4v) is 4.40. The Hall–Kier alpha value is -1.88. The van der Waals surface area contributed by atoms with E-state index in [1.807, 2.05) is 0 Å². The van der Waals surface area contributed by atoms with Gasteiger partial charge in [0, 0.05) is 6.54 Å². The summed E-state index contributed by atoms with van der Waals surface area (Å²) >= 11 is 1.73. The van der Waals surface area contributed by atoms with Crippen LogP contribution in [0.15, 0.2) is 42.5 Å². The summed E-state index contributed by atoms with van der Waals surface area (Å²) in [5, 5.41) is 1.04. The summed E-state index contributed by atoms with van der Waals surface area (Å²) in [6.07, 6.45) is 10.4. The zero-order valence-corrected chi connectivity index (χ0v) is 21.3. The van der Waals surface area contributed by atoms with Crippen molar-refractivity contribution in [3.63, 3.8) is 0 Å². The van der Waals surface area contributed by atoms with E-state index in [1.165, 1.54) is 49.0 Å². The summed E-state index contributed by atoms with van der Waals surface area (Å²) in [5.41, 5.74) is 3.49. The van der Waals surface area contributed by atoms with Crippen LogP contribution in [0, 0.1) is 6.92 Å². The lowest BCUT2D eigenvalue weighted by Crippen LogP contribution is -2.28. The van der Waals surface area contributed by atoms with Crippen LogP contribution < -0.4 is 4.74 Å². The summed E-state index contributed by atoms with van der Waals surface area (Å²) in [6.45, 7) is 11.0. The van der Waals surface area contributed by atoms with Gasteiger partial charge in [0.1, 0.15) is 10.8 Å². The van der Waals surface area contributed by atoms with Crippen LogP contribution in [-0.2, 0) is 0 Å². The second kappa shape index (κ2) is 14.3. The van der Waals surface area contributed by atoms with Crippen molar-refractivity contribution in [1.29, 1.82) is 0 Å². The fourth-order valence-electron chi connectivity index (χ4n) is 3.55. The molecule has 1 heterocycles. The molecule has 0 aliphatic rings. The molecule has 5 heteroatoms. The van der Waals surface area contributed by atoms with E-state index in [0.29, 0.717) is 0 Å². The highest BCUT2D eigenvalue weighted by Crippen LogP contribution is 2.24. The van der Waals surface area contributed by atoms with Gasteiger partial charge in [0.05, 0.1) is 16.8 Å². The van der Waals surface area contributed by atoms with Crippen molar-refractivity contribution < 1.29 is 4.74 Å². The Bertz CT molecular complexity index is 944. The highest BCUT2D eigenvalue weighted by molar-refractivity contribution is 7.19. The third kappa shape index (κ3) is 8.57. The van der Waals surface area contributed by atoms with E-state index in [2.05, 4.69) is 80.3 Å². The smallest absolute Gasteiger partial charge is 0.119 e. The number of hydrogen-bond acceptors (Lipinski definition) is 4. The normalized spacial score (nSPS) is 11.4. The van der Waals surface area contributed by atoms with Crippen LogP contribution in [0.5, 0.6) is 5.75 Å². The molecule has 0 spiro atoms. The van der Waals surface area contributed by atoms with E-state index < -0.39 is 0 Å². The zero-order chi connectivity index (χ0) is 21.9. The minimum Gasteiger partial charge on any atom is -0.494 e. The first-order valence-corrected chi connectivity index (χ1v) is 12.5. The predicted molar refractivity (Wildman–Crippen MR) is 143 cm³/mol. The quantitative estimate of drug-likeness (QED) is 0.236. The highest BCUT2D eigenvalue weighted by atomic mass is 35.5. The average Bonchev–Trinajstić information content (AvgIpc) is 3.19. The molecule has 0 fully saturated rings. The predicted octanol–water partition coefficient (Wildman–Crippen LogP) is 7.87. The summed E-state index contributed by atoms with van der Waals surface area (Å²) in [5.74, 6) is 0.946. The second-order valence-electron chi connectivity index (χ2n) is 8.18. The maximum Gasteiger partial charge on any atom is 0.119 e. The number of thiazole rings is 1. The average molecular weight is 473 g/mol. The number of ether oxygens (including phenoxy) is 1. The Morgan fingerprint density at radius 3 is 2.28 bits per heavy atom. The topological polar surface area (TPSA) is 25.4 Å². The molecule has 2 aromatic carbocycles. The van der Waals surface area contributed by atoms with Gasteiger partial charge in [0.2, 0.25) is 0 Å². The van der Waals surface area contributed by atoms with Crippen molar-refractivity contribution in [2.75, 3.05) is 26.2 Å². The van der Waals surface area contributed by atoms with Gasteiger partial charge in [-0.25, -0.2) is 4.98 Å². The number of nitrogens with zero attached hydrogens (tertiary/aromatic N) is 2. The molecule has 0 atom stereocenters. The Labute approximate surface area is 203 Å². The number of unbranched alkanes of at least 4 members (excludes halogenated alkanes) is 2. The maximum absolute atomic E-state index is 5.97. The second-order valence-corrected chi connectivity index (χ2v) is 9.24. The molecule has 0 aliphatic carbocycles. The number of hydrogen-bond donors (Lipinski definition) is 0. The third-order valence-electron chi connectivity index (χ3n) is 5.40. The minimum atomic E-state index is 0. The standard InChI is InChI=1S/C27H36N2OS.ClH/c1-4-6-17-29(18-7-5-2)19-8-20-30-24-13-10-23(11-14-24)12-16-27-28-25-21-22(3)9-15-26(25)31-27;/h9-16,21H,4-8,17-20H2,1-3H3;1H/b16-12+;. The van der Waals surface area contributed by atoms with Crippen molar-refractivity contribution in [2.45, 2.75) is 52.9 Å². The Morgan fingerprint density at radius 2 is 1.59 bits per heavy atom. The molecular weight excluding hydrogens is 436 g/mol. The van der Waals surface area contributed by atoms with Crippen molar-refractivity contribution in [3.8, 4) is 5.75 Å². The third-order valence-corrected chi connectivity index (χ3v) is 6.40. The maximum atomic E-state index is 5.97. The molecule has 0 unspecified atom stereocenters. The number of benzene rings is 2. The molecule has 3 aromatic rings. The van der Waals surface area contributed by atoms with E-state index in [0.717, 1.165) is 41.4 Å². The van der Waals surface area contributed by atoms with E-state index in [4.69, 9.17) is 9.72 Å². The van der Waals surface area contributed by atoms with Gasteiger partial charge in [0.25, 0.3) is 0 Å². The highest BCUT2D eigenvalue weighted by Gasteiger charge is 2.04. The molecule has 0 bridgehead atoms. The summed E-state index contributed by atoms with van der Waals surface area (Å²) in [7, 11) is 0. The SMILES string of the molecule is CCCCN(CCCC)CCCOc1ccc(/C=C/c2nc3cc(C)ccc3s2)cc1.Cl. The summed E-state index contributed by atoms with van der Waals surface area (Å²) in [6, 6.07) is 14.8. The first-order chi connectivity index (χ1) is 15.2. The van der Waals surface area contributed by atoms with Gasteiger partial charge < -0.3 is 9.64 Å². The van der Waals surface area contributed by atoms with Crippen LogP contribution in [0.2, 0.25) is 0 Å². The molecule has 0 amide bonds. The lowest BCUT2D eigenvalue weighted by molar-refractivity contribution is 0.229. The minimum absolute atomic E-state index is 0. The Kier molecular flexibility index (Phi) is 11.8. The van der Waals surface area contributed by atoms with E-state index in [-0.39, 0.29) is 12.4 Å². The van der Waals surface area contributed by atoms with E-state index in [9.17, 15) is 0 Å². The van der Waals surface area contributed by atoms with Crippen molar-refractivity contribution in [1.82, 2.24) is 9.88 Å². The molecule has 3 rings (SSSR count). The summed E-state index contributed by atoms with van der Waals surface area (Å²) < 4.78 is 7.21. The van der Waals surface area contributed by atoms with Crippen LogP contribution in [0.25, 0.3) is 22.4 Å². The molecule has 0 saturated carbocycles. The van der Waals surface area contributed by atoms with Gasteiger partial charge in [-0.3, -0.25) is 0 Å². The van der Waals surface area contributed by atoms with Crippen molar-refractivity contribution in [2.24, 2.45) is 0 Å². The Balaban J connectivity index is 0.00000363. The molecule has 0 radical (unpaired) electrons. The van der Waals surface area contributed by atoms with Gasteiger partial charge >= 0.3 is 0 Å². The van der Waals surface area contributed by atoms with Gasteiger partial charge in [-0.2, -0.15) is 0 Å². The molecule has 0 saturated heterocycles. The van der Waals surface area contributed by atoms with Crippen LogP contribution >= 0.6 is 23.7 Å². The molecule has 1 aromatic heterocycles. The van der Waals surface area contributed by atoms with E-state index >= 15 is 0 Å². The number of fused-ring (bicyclic) bond motifs is 1. The van der Waals surface area contributed by atoms with Crippen LogP contribution in [0.3, 0.4) is 0 Å². The Morgan fingerprint density at radius 1 is 0.906 bits per heavy atom. The molecular formula is C27H37ClN2OS. The van der Waals surface area contributed by atoms with Crippen LogP contribution in [0.4, 0.5) is 0 Å².